The fraction of sp³-hybridized carbons (Fsp3) is 0.154. The fourth-order valence-corrected chi connectivity index (χ4v) is 2.13. The van der Waals surface area contributed by atoms with E-state index in [0.717, 1.165) is 5.69 Å². The first-order valence-electron chi connectivity index (χ1n) is 5.61. The van der Waals surface area contributed by atoms with Gasteiger partial charge in [-0.25, -0.2) is 4.98 Å². The molecule has 1 amide bonds. The molecule has 0 aliphatic heterocycles. The van der Waals surface area contributed by atoms with Crippen LogP contribution >= 0.6 is 11.3 Å². The lowest BCUT2D eigenvalue weighted by atomic mass is 10.1. The van der Waals surface area contributed by atoms with E-state index in [1.165, 1.54) is 11.3 Å². The Morgan fingerprint density at radius 2 is 1.95 bits per heavy atom. The van der Waals surface area contributed by atoms with Gasteiger partial charge in [0.15, 0.2) is 0 Å². The van der Waals surface area contributed by atoms with Crippen molar-refractivity contribution >= 4 is 28.9 Å². The number of nitrogens with one attached hydrogen (secondary N) is 1. The van der Waals surface area contributed by atoms with Gasteiger partial charge in [0.2, 0.25) is 5.91 Å². The molecule has 1 heterocycles. The van der Waals surface area contributed by atoms with Crippen molar-refractivity contribution in [3.63, 3.8) is 0 Å². The Hall–Kier alpha value is -2.21. The minimum Gasteiger partial charge on any atom is -0.481 e. The molecule has 0 saturated carbocycles. The number of anilines is 1. The van der Waals surface area contributed by atoms with Gasteiger partial charge in [0.05, 0.1) is 24.0 Å². The number of carboxylic acid groups (broad SMARTS) is 1. The molecular formula is C13H12N2O3S. The molecule has 6 heteroatoms. The van der Waals surface area contributed by atoms with E-state index >= 15 is 0 Å². The molecule has 5 nitrogen and oxygen atoms in total. The van der Waals surface area contributed by atoms with Crippen molar-refractivity contribution in [1.29, 1.82) is 0 Å². The molecule has 0 unspecified atom stereocenters. The Morgan fingerprint density at radius 1 is 1.21 bits per heavy atom. The summed E-state index contributed by atoms with van der Waals surface area (Å²) in [4.78, 5) is 26.3. The first kappa shape index (κ1) is 13.2. The largest absolute Gasteiger partial charge is 0.481 e. The highest BCUT2D eigenvalue weighted by atomic mass is 32.1. The number of aromatic nitrogens is 1. The summed E-state index contributed by atoms with van der Waals surface area (Å²) >= 11 is 1.45. The van der Waals surface area contributed by atoms with Gasteiger partial charge < -0.3 is 10.4 Å². The van der Waals surface area contributed by atoms with E-state index in [2.05, 4.69) is 10.3 Å². The average Bonchev–Trinajstić information content (AvgIpc) is 2.83. The zero-order chi connectivity index (χ0) is 13.7. The Bertz CT molecular complexity index is 564. The maximum absolute atomic E-state index is 11.7. The van der Waals surface area contributed by atoms with Gasteiger partial charge in [0.25, 0.3) is 0 Å². The highest BCUT2D eigenvalue weighted by molar-refractivity contribution is 7.07. The molecular weight excluding hydrogens is 264 g/mol. The Labute approximate surface area is 113 Å². The van der Waals surface area contributed by atoms with Crippen LogP contribution in [0.3, 0.4) is 0 Å². The second-order valence-electron chi connectivity index (χ2n) is 3.97. The van der Waals surface area contributed by atoms with Crippen LogP contribution in [0.15, 0.2) is 35.2 Å². The van der Waals surface area contributed by atoms with Gasteiger partial charge in [-0.15, -0.1) is 11.3 Å². The molecule has 1 aromatic heterocycles. The van der Waals surface area contributed by atoms with Crippen molar-refractivity contribution in [2.75, 3.05) is 5.32 Å². The van der Waals surface area contributed by atoms with Gasteiger partial charge in [0, 0.05) is 11.1 Å². The van der Waals surface area contributed by atoms with Crippen molar-refractivity contribution in [1.82, 2.24) is 4.98 Å². The van der Waals surface area contributed by atoms with Crippen LogP contribution in [0.5, 0.6) is 0 Å². The summed E-state index contributed by atoms with van der Waals surface area (Å²) in [6, 6.07) is 6.76. The first-order chi connectivity index (χ1) is 9.13. The van der Waals surface area contributed by atoms with Crippen LogP contribution in [0.2, 0.25) is 0 Å². The monoisotopic (exact) mass is 276 g/mol. The summed E-state index contributed by atoms with van der Waals surface area (Å²) in [7, 11) is 0. The van der Waals surface area contributed by atoms with Crippen LogP contribution in [-0.4, -0.2) is 22.0 Å². The molecule has 0 aliphatic carbocycles. The second-order valence-corrected chi connectivity index (χ2v) is 4.69. The summed E-state index contributed by atoms with van der Waals surface area (Å²) in [5.41, 5.74) is 3.77. The molecule has 2 N–H and O–H groups in total. The van der Waals surface area contributed by atoms with Gasteiger partial charge >= 0.3 is 5.97 Å². The molecule has 19 heavy (non-hydrogen) atoms. The number of hydrogen-bond donors (Lipinski definition) is 2. The normalized spacial score (nSPS) is 10.1. The Kier molecular flexibility index (Phi) is 4.25. The van der Waals surface area contributed by atoms with Crippen molar-refractivity contribution in [2.45, 2.75) is 12.8 Å². The smallest absolute Gasteiger partial charge is 0.307 e. The first-order valence-corrected chi connectivity index (χ1v) is 6.55. The third kappa shape index (κ3) is 4.18. The zero-order valence-corrected chi connectivity index (χ0v) is 10.8. The van der Waals surface area contributed by atoms with Crippen molar-refractivity contribution in [2.24, 2.45) is 0 Å². The lowest BCUT2D eigenvalue weighted by Crippen LogP contribution is -2.14. The maximum atomic E-state index is 11.7. The molecule has 2 aromatic rings. The van der Waals surface area contributed by atoms with E-state index in [9.17, 15) is 9.59 Å². The second kappa shape index (κ2) is 6.10. The van der Waals surface area contributed by atoms with Gasteiger partial charge in [0.1, 0.15) is 0 Å². The third-order valence-electron chi connectivity index (χ3n) is 2.42. The number of hydrogen-bond acceptors (Lipinski definition) is 4. The van der Waals surface area contributed by atoms with Crippen molar-refractivity contribution in [3.05, 3.63) is 46.4 Å². The topological polar surface area (TPSA) is 79.3 Å². The van der Waals surface area contributed by atoms with Crippen molar-refractivity contribution < 1.29 is 14.7 Å². The lowest BCUT2D eigenvalue weighted by Gasteiger charge is -2.05. The van der Waals surface area contributed by atoms with Crippen LogP contribution in [0.4, 0.5) is 5.69 Å². The zero-order valence-electron chi connectivity index (χ0n) is 10.00. The van der Waals surface area contributed by atoms with E-state index in [-0.39, 0.29) is 18.7 Å². The van der Waals surface area contributed by atoms with E-state index in [4.69, 9.17) is 5.11 Å². The van der Waals surface area contributed by atoms with Crippen molar-refractivity contribution in [3.8, 4) is 0 Å². The molecule has 0 radical (unpaired) electrons. The number of carboxylic acids is 1. The minimum absolute atomic E-state index is 0.0208. The number of rotatable bonds is 5. The quantitative estimate of drug-likeness (QED) is 0.874. The van der Waals surface area contributed by atoms with E-state index in [1.54, 1.807) is 29.8 Å². The van der Waals surface area contributed by atoms with Crippen LogP contribution in [0, 0.1) is 0 Å². The molecule has 1 aromatic carbocycles. The highest BCUT2D eigenvalue weighted by Crippen LogP contribution is 2.11. The Balaban J connectivity index is 1.92. The lowest BCUT2D eigenvalue weighted by molar-refractivity contribution is -0.136. The summed E-state index contributed by atoms with van der Waals surface area (Å²) in [5, 5.41) is 13.2. The summed E-state index contributed by atoms with van der Waals surface area (Å²) in [6.45, 7) is 0. The third-order valence-corrected chi connectivity index (χ3v) is 3.05. The summed E-state index contributed by atoms with van der Waals surface area (Å²) < 4.78 is 0. The molecule has 0 fully saturated rings. The number of benzene rings is 1. The Morgan fingerprint density at radius 3 is 2.53 bits per heavy atom. The van der Waals surface area contributed by atoms with Crippen LogP contribution in [0.25, 0.3) is 0 Å². The SMILES string of the molecule is O=C(O)Cc1ccc(NC(=O)Cc2cscn2)cc1. The van der Waals surface area contributed by atoms with Gasteiger partial charge in [-0.05, 0) is 17.7 Å². The fourth-order valence-electron chi connectivity index (χ4n) is 1.58. The standard InChI is InChI=1S/C13H12N2O3S/c16-12(6-11-7-19-8-14-11)15-10-3-1-9(2-4-10)5-13(17)18/h1-4,7-8H,5-6H2,(H,15,16)(H,17,18). The molecule has 0 saturated heterocycles. The molecule has 0 aliphatic rings. The minimum atomic E-state index is -0.875. The number of amides is 1. The average molecular weight is 276 g/mol. The predicted molar refractivity (Wildman–Crippen MR) is 72.2 cm³/mol. The molecule has 0 bridgehead atoms. The van der Waals surface area contributed by atoms with E-state index < -0.39 is 5.97 Å². The number of aliphatic carboxylic acids is 1. The van der Waals surface area contributed by atoms with E-state index in [1.807, 2.05) is 5.38 Å². The van der Waals surface area contributed by atoms with Crippen LogP contribution < -0.4 is 5.32 Å². The molecule has 0 atom stereocenters. The maximum Gasteiger partial charge on any atom is 0.307 e. The van der Waals surface area contributed by atoms with Gasteiger partial charge in [-0.3, -0.25) is 9.59 Å². The number of nitrogens with zero attached hydrogens (tertiary/aromatic N) is 1. The summed E-state index contributed by atoms with van der Waals surface area (Å²) in [6.07, 6.45) is 0.216. The number of carbonyl (C=O) groups is 2. The number of thiazole rings is 1. The summed E-state index contributed by atoms with van der Waals surface area (Å²) in [5.74, 6) is -1.02. The predicted octanol–water partition coefficient (Wildman–Crippen LogP) is 1.95. The van der Waals surface area contributed by atoms with E-state index in [0.29, 0.717) is 11.3 Å². The van der Waals surface area contributed by atoms with Crippen LogP contribution in [-0.2, 0) is 22.4 Å². The molecule has 2 rings (SSSR count). The molecule has 0 spiro atoms. The van der Waals surface area contributed by atoms with Gasteiger partial charge in [-0.1, -0.05) is 12.1 Å². The van der Waals surface area contributed by atoms with Gasteiger partial charge in [-0.2, -0.15) is 0 Å². The van der Waals surface area contributed by atoms with Crippen LogP contribution in [0.1, 0.15) is 11.3 Å². The molecule has 98 valence electrons. The highest BCUT2D eigenvalue weighted by Gasteiger charge is 2.06. The number of carbonyl (C=O) groups excluding carboxylic acids is 1.